The van der Waals surface area contributed by atoms with Crippen LogP contribution in [0.1, 0.15) is 21.5 Å². The molecule has 0 heterocycles. The summed E-state index contributed by atoms with van der Waals surface area (Å²) in [5.41, 5.74) is 0.892. The van der Waals surface area contributed by atoms with Crippen LogP contribution in [-0.4, -0.2) is 11.1 Å². The van der Waals surface area contributed by atoms with Gasteiger partial charge in [0.1, 0.15) is 18.2 Å². The fourth-order valence-corrected chi connectivity index (χ4v) is 2.04. The van der Waals surface area contributed by atoms with Crippen molar-refractivity contribution >= 4 is 17.6 Å². The Labute approximate surface area is 120 Å². The van der Waals surface area contributed by atoms with E-state index < -0.39 is 11.8 Å². The molecule has 0 saturated carbocycles. The second-order valence-corrected chi connectivity index (χ2v) is 4.63. The average Bonchev–Trinajstić information content (AvgIpc) is 2.39. The molecule has 2 aromatic rings. The first-order valence-corrected chi connectivity index (χ1v) is 6.27. The molecule has 1 N–H and O–H groups in total. The van der Waals surface area contributed by atoms with Crippen LogP contribution < -0.4 is 4.74 Å². The largest absolute Gasteiger partial charge is 0.488 e. The number of halogens is 2. The number of rotatable bonds is 4. The quantitative estimate of drug-likeness (QED) is 0.925. The van der Waals surface area contributed by atoms with Gasteiger partial charge in [-0.05, 0) is 31.2 Å². The molecule has 0 aliphatic heterocycles. The third-order valence-corrected chi connectivity index (χ3v) is 3.30. The summed E-state index contributed by atoms with van der Waals surface area (Å²) >= 11 is 5.90. The molecular formula is C15H12ClFO3. The lowest BCUT2D eigenvalue weighted by molar-refractivity contribution is 0.0695. The van der Waals surface area contributed by atoms with Gasteiger partial charge in [0.05, 0.1) is 10.6 Å². The van der Waals surface area contributed by atoms with Crippen LogP contribution in [0.15, 0.2) is 36.4 Å². The van der Waals surface area contributed by atoms with Gasteiger partial charge in [0.2, 0.25) is 0 Å². The van der Waals surface area contributed by atoms with Crippen molar-refractivity contribution < 1.29 is 19.0 Å². The van der Waals surface area contributed by atoms with Crippen LogP contribution in [0.25, 0.3) is 0 Å². The summed E-state index contributed by atoms with van der Waals surface area (Å²) in [6, 6.07) is 9.08. The van der Waals surface area contributed by atoms with Crippen molar-refractivity contribution in [2.24, 2.45) is 0 Å². The zero-order valence-corrected chi connectivity index (χ0v) is 11.4. The molecule has 0 radical (unpaired) electrons. The van der Waals surface area contributed by atoms with E-state index in [4.69, 9.17) is 21.4 Å². The van der Waals surface area contributed by atoms with Crippen LogP contribution in [0.3, 0.4) is 0 Å². The summed E-state index contributed by atoms with van der Waals surface area (Å²) in [5.74, 6) is -1.09. The predicted molar refractivity (Wildman–Crippen MR) is 73.9 cm³/mol. The van der Waals surface area contributed by atoms with Gasteiger partial charge in [-0.2, -0.15) is 0 Å². The highest BCUT2D eigenvalue weighted by Gasteiger charge is 2.12. The highest BCUT2D eigenvalue weighted by Crippen LogP contribution is 2.25. The number of hydrogen-bond donors (Lipinski definition) is 1. The van der Waals surface area contributed by atoms with E-state index in [9.17, 15) is 9.18 Å². The van der Waals surface area contributed by atoms with Gasteiger partial charge in [-0.25, -0.2) is 9.18 Å². The number of aromatic carboxylic acids is 1. The van der Waals surface area contributed by atoms with Gasteiger partial charge in [-0.15, -0.1) is 0 Å². The molecule has 0 amide bonds. The Bertz CT molecular complexity index is 635. The number of carboxylic acid groups (broad SMARTS) is 1. The Morgan fingerprint density at radius 2 is 2.00 bits per heavy atom. The standard InChI is InChI=1S/C15H12ClFO3/c1-9-10(15(18)19)4-2-7-14(9)20-8-11-12(16)5-3-6-13(11)17/h2-7H,8H2,1H3,(H,18,19). The minimum Gasteiger partial charge on any atom is -0.488 e. The Hall–Kier alpha value is -2.07. The lowest BCUT2D eigenvalue weighted by atomic mass is 10.1. The van der Waals surface area contributed by atoms with Gasteiger partial charge < -0.3 is 9.84 Å². The molecule has 5 heteroatoms. The van der Waals surface area contributed by atoms with Crippen molar-refractivity contribution in [3.05, 3.63) is 63.9 Å². The second kappa shape index (κ2) is 5.92. The first kappa shape index (κ1) is 14.3. The molecule has 0 spiro atoms. The van der Waals surface area contributed by atoms with Gasteiger partial charge in [-0.3, -0.25) is 0 Å². The molecule has 0 fully saturated rings. The fraction of sp³-hybridized carbons (Fsp3) is 0.133. The van der Waals surface area contributed by atoms with E-state index in [1.54, 1.807) is 25.1 Å². The molecule has 0 atom stereocenters. The molecule has 2 rings (SSSR count). The summed E-state index contributed by atoms with van der Waals surface area (Å²) in [7, 11) is 0. The Morgan fingerprint density at radius 1 is 1.30 bits per heavy atom. The van der Waals surface area contributed by atoms with Gasteiger partial charge in [-0.1, -0.05) is 23.7 Å². The summed E-state index contributed by atoms with van der Waals surface area (Å²) in [4.78, 5) is 11.0. The molecule has 0 unspecified atom stereocenters. The topological polar surface area (TPSA) is 46.5 Å². The predicted octanol–water partition coefficient (Wildman–Crippen LogP) is 4.06. The van der Waals surface area contributed by atoms with Crippen LogP contribution in [0, 0.1) is 12.7 Å². The zero-order valence-electron chi connectivity index (χ0n) is 10.7. The van der Waals surface area contributed by atoms with E-state index in [-0.39, 0.29) is 22.8 Å². The van der Waals surface area contributed by atoms with Crippen LogP contribution in [0.4, 0.5) is 4.39 Å². The first-order valence-electron chi connectivity index (χ1n) is 5.89. The lowest BCUT2D eigenvalue weighted by Gasteiger charge is -2.12. The van der Waals surface area contributed by atoms with Crippen molar-refractivity contribution in [1.82, 2.24) is 0 Å². The van der Waals surface area contributed by atoms with E-state index in [2.05, 4.69) is 0 Å². The highest BCUT2D eigenvalue weighted by atomic mass is 35.5. The Balaban J connectivity index is 2.24. The van der Waals surface area contributed by atoms with Crippen molar-refractivity contribution in [2.45, 2.75) is 13.5 Å². The third-order valence-electron chi connectivity index (χ3n) is 2.95. The molecular weight excluding hydrogens is 283 g/mol. The van der Waals surface area contributed by atoms with Gasteiger partial charge in [0.15, 0.2) is 0 Å². The maximum Gasteiger partial charge on any atom is 0.336 e. The summed E-state index contributed by atoms with van der Waals surface area (Å²) in [6.45, 7) is 1.58. The smallest absolute Gasteiger partial charge is 0.336 e. The van der Waals surface area contributed by atoms with Crippen LogP contribution >= 0.6 is 11.6 Å². The second-order valence-electron chi connectivity index (χ2n) is 4.22. The number of carbonyl (C=O) groups is 1. The summed E-state index contributed by atoms with van der Waals surface area (Å²) < 4.78 is 19.1. The van der Waals surface area contributed by atoms with E-state index in [1.165, 1.54) is 18.2 Å². The van der Waals surface area contributed by atoms with Crippen molar-refractivity contribution in [3.63, 3.8) is 0 Å². The SMILES string of the molecule is Cc1c(OCc2c(F)cccc2Cl)cccc1C(=O)O. The van der Waals surface area contributed by atoms with E-state index >= 15 is 0 Å². The number of carboxylic acids is 1. The number of hydrogen-bond acceptors (Lipinski definition) is 2. The summed E-state index contributed by atoms with van der Waals surface area (Å²) in [5, 5.41) is 9.30. The number of benzene rings is 2. The van der Waals surface area contributed by atoms with Crippen LogP contribution in [0.5, 0.6) is 5.75 Å². The molecule has 0 aliphatic carbocycles. The third kappa shape index (κ3) is 2.91. The van der Waals surface area contributed by atoms with Gasteiger partial charge in [0, 0.05) is 11.1 Å². The van der Waals surface area contributed by atoms with Crippen LogP contribution in [-0.2, 0) is 6.61 Å². The Morgan fingerprint density at radius 3 is 2.65 bits per heavy atom. The van der Waals surface area contributed by atoms with Crippen molar-refractivity contribution in [1.29, 1.82) is 0 Å². The highest BCUT2D eigenvalue weighted by molar-refractivity contribution is 6.31. The normalized spacial score (nSPS) is 10.3. The van der Waals surface area contributed by atoms with Crippen molar-refractivity contribution in [3.8, 4) is 5.75 Å². The van der Waals surface area contributed by atoms with E-state index in [0.717, 1.165) is 0 Å². The van der Waals surface area contributed by atoms with Crippen molar-refractivity contribution in [2.75, 3.05) is 0 Å². The van der Waals surface area contributed by atoms with Gasteiger partial charge >= 0.3 is 5.97 Å². The van der Waals surface area contributed by atoms with Crippen LogP contribution in [0.2, 0.25) is 5.02 Å². The average molecular weight is 295 g/mol. The molecule has 0 bridgehead atoms. The maximum atomic E-state index is 13.6. The minimum absolute atomic E-state index is 0.0601. The lowest BCUT2D eigenvalue weighted by Crippen LogP contribution is -2.04. The number of ether oxygens (including phenoxy) is 1. The molecule has 0 aromatic heterocycles. The minimum atomic E-state index is -1.03. The molecule has 104 valence electrons. The zero-order chi connectivity index (χ0) is 14.7. The maximum absolute atomic E-state index is 13.6. The first-order chi connectivity index (χ1) is 9.50. The Kier molecular flexibility index (Phi) is 4.25. The molecule has 0 saturated heterocycles. The van der Waals surface area contributed by atoms with Gasteiger partial charge in [0.25, 0.3) is 0 Å². The molecule has 20 heavy (non-hydrogen) atoms. The fourth-order valence-electron chi connectivity index (χ4n) is 1.82. The molecule has 3 nitrogen and oxygen atoms in total. The monoisotopic (exact) mass is 294 g/mol. The van der Waals surface area contributed by atoms with E-state index in [0.29, 0.717) is 11.3 Å². The van der Waals surface area contributed by atoms with E-state index in [1.807, 2.05) is 0 Å². The summed E-state index contributed by atoms with van der Waals surface area (Å²) in [6.07, 6.45) is 0. The molecule has 0 aliphatic rings. The molecule has 2 aromatic carbocycles.